The maximum absolute atomic E-state index is 13.4. The molecule has 0 aliphatic heterocycles. The van der Waals surface area contributed by atoms with Gasteiger partial charge in [-0.15, -0.1) is 0 Å². The summed E-state index contributed by atoms with van der Waals surface area (Å²) in [6.07, 6.45) is -0.205. The van der Waals surface area contributed by atoms with Crippen molar-refractivity contribution in [1.29, 1.82) is 0 Å². The Bertz CT molecular complexity index is 614. The molecule has 2 aromatic rings. The van der Waals surface area contributed by atoms with Gasteiger partial charge in [-0.1, -0.05) is 40.2 Å². The van der Waals surface area contributed by atoms with Gasteiger partial charge < -0.3 is 5.32 Å². The predicted octanol–water partition coefficient (Wildman–Crippen LogP) is 4.04. The minimum atomic E-state index is -0.975. The van der Waals surface area contributed by atoms with E-state index in [0.717, 1.165) is 17.0 Å². The number of anilines is 1. The molecule has 2 rings (SSSR count). The smallest absolute Gasteiger partial charge is 0.228 e. The summed E-state index contributed by atoms with van der Waals surface area (Å²) in [5.74, 6) is -2.31. The molecule has 0 atom stereocenters. The second-order valence-corrected chi connectivity index (χ2v) is 4.83. The van der Waals surface area contributed by atoms with Gasteiger partial charge in [-0.05, 0) is 23.8 Å². The Morgan fingerprint density at radius 3 is 2.45 bits per heavy atom. The first-order valence-electron chi connectivity index (χ1n) is 5.98. The molecule has 0 aliphatic carbocycles. The molecule has 5 heteroatoms. The summed E-state index contributed by atoms with van der Waals surface area (Å²) in [6, 6.07) is 11.1. The van der Waals surface area contributed by atoms with Crippen molar-refractivity contribution in [3.63, 3.8) is 0 Å². The van der Waals surface area contributed by atoms with E-state index in [4.69, 9.17) is 0 Å². The molecular weight excluding hydrogens is 328 g/mol. The van der Waals surface area contributed by atoms with E-state index >= 15 is 0 Å². The van der Waals surface area contributed by atoms with Crippen LogP contribution < -0.4 is 5.32 Å². The van der Waals surface area contributed by atoms with Gasteiger partial charge in [0.2, 0.25) is 5.91 Å². The van der Waals surface area contributed by atoms with Crippen molar-refractivity contribution < 1.29 is 13.6 Å². The van der Waals surface area contributed by atoms with Crippen LogP contribution in [-0.4, -0.2) is 5.91 Å². The summed E-state index contributed by atoms with van der Waals surface area (Å²) >= 11 is 3.33. The van der Waals surface area contributed by atoms with Gasteiger partial charge >= 0.3 is 0 Å². The molecule has 0 saturated heterocycles. The monoisotopic (exact) mass is 339 g/mol. The SMILES string of the molecule is O=C(Cc1cccc(F)c1F)Nc1ccc(CBr)cc1. The molecule has 0 aromatic heterocycles. The van der Waals surface area contributed by atoms with Gasteiger partial charge in [0.1, 0.15) is 0 Å². The first-order valence-corrected chi connectivity index (χ1v) is 7.10. The maximum Gasteiger partial charge on any atom is 0.228 e. The average molecular weight is 340 g/mol. The zero-order valence-corrected chi connectivity index (χ0v) is 12.1. The van der Waals surface area contributed by atoms with Gasteiger partial charge in [0.15, 0.2) is 11.6 Å². The fraction of sp³-hybridized carbons (Fsp3) is 0.133. The van der Waals surface area contributed by atoms with Gasteiger partial charge in [0, 0.05) is 16.6 Å². The molecule has 0 bridgehead atoms. The van der Waals surface area contributed by atoms with Crippen molar-refractivity contribution in [2.75, 3.05) is 5.32 Å². The number of hydrogen-bond acceptors (Lipinski definition) is 1. The minimum Gasteiger partial charge on any atom is -0.326 e. The van der Waals surface area contributed by atoms with Crippen molar-refractivity contribution in [3.05, 3.63) is 65.2 Å². The molecule has 1 amide bonds. The van der Waals surface area contributed by atoms with E-state index in [-0.39, 0.29) is 17.9 Å². The Kier molecular flexibility index (Phi) is 4.84. The lowest BCUT2D eigenvalue weighted by Crippen LogP contribution is -2.15. The van der Waals surface area contributed by atoms with E-state index in [2.05, 4.69) is 21.2 Å². The Morgan fingerprint density at radius 1 is 1.10 bits per heavy atom. The lowest BCUT2D eigenvalue weighted by Gasteiger charge is -2.07. The van der Waals surface area contributed by atoms with Crippen LogP contribution in [0.25, 0.3) is 0 Å². The second kappa shape index (κ2) is 6.61. The van der Waals surface area contributed by atoms with Gasteiger partial charge in [0.25, 0.3) is 0 Å². The molecule has 0 aliphatic rings. The van der Waals surface area contributed by atoms with Crippen LogP contribution >= 0.6 is 15.9 Å². The number of halogens is 3. The molecular formula is C15H12BrF2NO. The average Bonchev–Trinajstić information content (AvgIpc) is 2.45. The molecule has 0 unspecified atom stereocenters. The summed E-state index contributed by atoms with van der Waals surface area (Å²) in [5.41, 5.74) is 1.75. The molecule has 2 aromatic carbocycles. The molecule has 0 heterocycles. The molecule has 0 radical (unpaired) electrons. The van der Waals surface area contributed by atoms with E-state index in [1.165, 1.54) is 12.1 Å². The minimum absolute atomic E-state index is 0.0413. The zero-order valence-electron chi connectivity index (χ0n) is 10.5. The molecule has 20 heavy (non-hydrogen) atoms. The van der Waals surface area contributed by atoms with Crippen LogP contribution in [0.15, 0.2) is 42.5 Å². The van der Waals surface area contributed by atoms with Gasteiger partial charge in [-0.2, -0.15) is 0 Å². The Morgan fingerprint density at radius 2 is 1.80 bits per heavy atom. The number of hydrogen-bond donors (Lipinski definition) is 1. The highest BCUT2D eigenvalue weighted by Crippen LogP contribution is 2.15. The number of carbonyl (C=O) groups excluding carboxylic acids is 1. The highest BCUT2D eigenvalue weighted by molar-refractivity contribution is 9.08. The maximum atomic E-state index is 13.4. The Labute approximate surface area is 123 Å². The van der Waals surface area contributed by atoms with E-state index in [0.29, 0.717) is 5.69 Å². The first kappa shape index (κ1) is 14.7. The largest absolute Gasteiger partial charge is 0.326 e. The fourth-order valence-electron chi connectivity index (χ4n) is 1.74. The number of alkyl halides is 1. The standard InChI is InChI=1S/C15H12BrF2NO/c16-9-10-4-6-12(7-5-10)19-14(20)8-11-2-1-3-13(17)15(11)18/h1-7H,8-9H2,(H,19,20). The fourth-order valence-corrected chi connectivity index (χ4v) is 2.11. The van der Waals surface area contributed by atoms with Crippen LogP contribution in [0.5, 0.6) is 0 Å². The third-order valence-electron chi connectivity index (χ3n) is 2.77. The summed E-state index contributed by atoms with van der Waals surface area (Å²) < 4.78 is 26.5. The summed E-state index contributed by atoms with van der Waals surface area (Å²) in [6.45, 7) is 0. The lowest BCUT2D eigenvalue weighted by molar-refractivity contribution is -0.115. The zero-order chi connectivity index (χ0) is 14.5. The van der Waals surface area contributed by atoms with Crippen molar-refractivity contribution >= 4 is 27.5 Å². The van der Waals surface area contributed by atoms with Gasteiger partial charge in [-0.25, -0.2) is 8.78 Å². The highest BCUT2D eigenvalue weighted by atomic mass is 79.9. The molecule has 0 saturated carbocycles. The normalized spacial score (nSPS) is 10.3. The van der Waals surface area contributed by atoms with Crippen LogP contribution in [0.1, 0.15) is 11.1 Å². The van der Waals surface area contributed by atoms with E-state index < -0.39 is 11.6 Å². The third-order valence-corrected chi connectivity index (χ3v) is 3.42. The highest BCUT2D eigenvalue weighted by Gasteiger charge is 2.11. The molecule has 0 fully saturated rings. The number of nitrogens with one attached hydrogen (secondary N) is 1. The lowest BCUT2D eigenvalue weighted by atomic mass is 10.1. The molecule has 2 nitrogen and oxygen atoms in total. The number of benzene rings is 2. The number of rotatable bonds is 4. The molecule has 1 N–H and O–H groups in total. The number of amides is 1. The first-order chi connectivity index (χ1) is 9.60. The Balaban J connectivity index is 2.03. The summed E-state index contributed by atoms with van der Waals surface area (Å²) in [5, 5.41) is 3.38. The van der Waals surface area contributed by atoms with Crippen LogP contribution in [0.3, 0.4) is 0 Å². The van der Waals surface area contributed by atoms with Gasteiger partial charge in [-0.3, -0.25) is 4.79 Å². The topological polar surface area (TPSA) is 29.1 Å². The van der Waals surface area contributed by atoms with Crippen molar-refractivity contribution in [1.82, 2.24) is 0 Å². The van der Waals surface area contributed by atoms with Crippen molar-refractivity contribution in [2.24, 2.45) is 0 Å². The van der Waals surface area contributed by atoms with Crippen molar-refractivity contribution in [2.45, 2.75) is 11.8 Å². The van der Waals surface area contributed by atoms with E-state index in [9.17, 15) is 13.6 Å². The summed E-state index contributed by atoms with van der Waals surface area (Å²) in [4.78, 5) is 11.8. The van der Waals surface area contributed by atoms with Gasteiger partial charge in [0.05, 0.1) is 6.42 Å². The van der Waals surface area contributed by atoms with Crippen LogP contribution in [-0.2, 0) is 16.5 Å². The van der Waals surface area contributed by atoms with E-state index in [1.807, 2.05) is 12.1 Å². The van der Waals surface area contributed by atoms with Crippen LogP contribution in [0.4, 0.5) is 14.5 Å². The van der Waals surface area contributed by atoms with Crippen LogP contribution in [0.2, 0.25) is 0 Å². The van der Waals surface area contributed by atoms with E-state index in [1.54, 1.807) is 12.1 Å². The molecule has 104 valence electrons. The second-order valence-electron chi connectivity index (χ2n) is 4.27. The quantitative estimate of drug-likeness (QED) is 0.837. The van der Waals surface area contributed by atoms with Crippen LogP contribution in [0, 0.1) is 11.6 Å². The molecule has 0 spiro atoms. The summed E-state index contributed by atoms with van der Waals surface area (Å²) in [7, 11) is 0. The third kappa shape index (κ3) is 3.63. The predicted molar refractivity (Wildman–Crippen MR) is 77.8 cm³/mol. The van der Waals surface area contributed by atoms with Crippen molar-refractivity contribution in [3.8, 4) is 0 Å². The Hall–Kier alpha value is -1.75. The number of carbonyl (C=O) groups is 1.